The van der Waals surface area contributed by atoms with E-state index < -0.39 is 0 Å². The first-order valence-corrected chi connectivity index (χ1v) is 10.2. The molecule has 1 saturated heterocycles. The van der Waals surface area contributed by atoms with Crippen LogP contribution in [0.25, 0.3) is 0 Å². The number of methoxy groups -OCH3 is 1. The molecule has 0 saturated carbocycles. The molecule has 8 heteroatoms. The molecular formula is C22H36IN5O2. The van der Waals surface area contributed by atoms with Crippen LogP contribution in [0.15, 0.2) is 41.4 Å². The van der Waals surface area contributed by atoms with Crippen LogP contribution >= 0.6 is 24.0 Å². The first-order valence-electron chi connectivity index (χ1n) is 10.2. The van der Waals surface area contributed by atoms with Crippen LogP contribution < -0.4 is 15.4 Å². The van der Waals surface area contributed by atoms with Crippen molar-refractivity contribution in [3.05, 3.63) is 42.0 Å². The van der Waals surface area contributed by atoms with Gasteiger partial charge < -0.3 is 20.3 Å². The van der Waals surface area contributed by atoms with E-state index in [0.29, 0.717) is 19.0 Å². The zero-order chi connectivity index (χ0) is 21.2. The molecule has 0 radical (unpaired) electrons. The van der Waals surface area contributed by atoms with Crippen molar-refractivity contribution >= 4 is 35.8 Å². The average molecular weight is 529 g/mol. The van der Waals surface area contributed by atoms with Crippen molar-refractivity contribution in [1.29, 1.82) is 0 Å². The second-order valence-corrected chi connectivity index (χ2v) is 7.65. The summed E-state index contributed by atoms with van der Waals surface area (Å²) in [5, 5.41) is 6.68. The normalized spacial score (nSPS) is 15.1. The van der Waals surface area contributed by atoms with E-state index in [4.69, 9.17) is 4.74 Å². The molecule has 1 aromatic carbocycles. The molecule has 0 aromatic heterocycles. The van der Waals surface area contributed by atoms with Crippen LogP contribution in [0.5, 0.6) is 5.75 Å². The number of nitrogens with zero attached hydrogens (tertiary/aromatic N) is 3. The number of carbonyl (C=O) groups is 1. The quantitative estimate of drug-likeness (QED) is 0.223. The lowest BCUT2D eigenvalue weighted by molar-refractivity contribution is -0.127. The number of hydrogen-bond acceptors (Lipinski definition) is 4. The van der Waals surface area contributed by atoms with E-state index in [-0.39, 0.29) is 42.5 Å². The van der Waals surface area contributed by atoms with Crippen molar-refractivity contribution in [3.63, 3.8) is 0 Å². The number of guanidine groups is 1. The third-order valence-corrected chi connectivity index (χ3v) is 4.97. The average Bonchev–Trinajstić information content (AvgIpc) is 3.23. The number of nitrogens with one attached hydrogen (secondary N) is 2. The molecule has 1 aliphatic rings. The first kappa shape index (κ1) is 26.2. The molecule has 1 unspecified atom stereocenters. The largest absolute Gasteiger partial charge is 0.496 e. The number of hydrogen-bond donors (Lipinski definition) is 2. The van der Waals surface area contributed by atoms with Gasteiger partial charge >= 0.3 is 0 Å². The Balaban J connectivity index is 0.00000450. The third kappa shape index (κ3) is 8.14. The molecule has 1 fully saturated rings. The Kier molecular flexibility index (Phi) is 11.8. The number of rotatable bonds is 9. The van der Waals surface area contributed by atoms with Crippen molar-refractivity contribution in [2.75, 3.05) is 53.9 Å². The van der Waals surface area contributed by atoms with Crippen LogP contribution in [-0.4, -0.2) is 75.6 Å². The molecular weight excluding hydrogens is 493 g/mol. The Morgan fingerprint density at radius 3 is 2.53 bits per heavy atom. The number of para-hydroxylation sites is 1. The van der Waals surface area contributed by atoms with Crippen LogP contribution in [0, 0.1) is 0 Å². The zero-order valence-corrected chi connectivity index (χ0v) is 20.9. The molecule has 7 nitrogen and oxygen atoms in total. The summed E-state index contributed by atoms with van der Waals surface area (Å²) in [6, 6.07) is 8.32. The number of likely N-dealkylation sites (N-methyl/N-ethyl adjacent to an activating group) is 1. The van der Waals surface area contributed by atoms with Gasteiger partial charge in [0, 0.05) is 32.7 Å². The van der Waals surface area contributed by atoms with Crippen LogP contribution in [0.2, 0.25) is 0 Å². The lowest BCUT2D eigenvalue weighted by atomic mass is 10.0. The highest BCUT2D eigenvalue weighted by atomic mass is 127. The fourth-order valence-corrected chi connectivity index (χ4v) is 3.32. The number of halogens is 1. The Morgan fingerprint density at radius 1 is 1.27 bits per heavy atom. The maximum Gasteiger partial charge on any atom is 0.243 e. The number of ether oxygens (including phenoxy) is 1. The predicted octanol–water partition coefficient (Wildman–Crippen LogP) is 2.65. The summed E-state index contributed by atoms with van der Waals surface area (Å²) >= 11 is 0. The van der Waals surface area contributed by atoms with Gasteiger partial charge in [-0.1, -0.05) is 30.4 Å². The van der Waals surface area contributed by atoms with E-state index in [9.17, 15) is 4.79 Å². The first-order chi connectivity index (χ1) is 13.9. The monoisotopic (exact) mass is 529 g/mol. The van der Waals surface area contributed by atoms with Crippen molar-refractivity contribution < 1.29 is 9.53 Å². The smallest absolute Gasteiger partial charge is 0.243 e. The minimum atomic E-state index is -0.0396. The van der Waals surface area contributed by atoms with E-state index in [0.717, 1.165) is 30.0 Å². The predicted molar refractivity (Wildman–Crippen MR) is 134 cm³/mol. The van der Waals surface area contributed by atoms with Crippen molar-refractivity contribution in [3.8, 4) is 5.75 Å². The lowest BCUT2D eigenvalue weighted by Crippen LogP contribution is -2.43. The van der Waals surface area contributed by atoms with Crippen LogP contribution in [0.1, 0.15) is 31.4 Å². The molecule has 2 N–H and O–H groups in total. The van der Waals surface area contributed by atoms with Gasteiger partial charge in [-0.05, 0) is 38.9 Å². The fraction of sp³-hybridized carbons (Fsp3) is 0.545. The third-order valence-electron chi connectivity index (χ3n) is 4.97. The maximum atomic E-state index is 12.0. The highest BCUT2D eigenvalue weighted by Crippen LogP contribution is 2.31. The van der Waals surface area contributed by atoms with Gasteiger partial charge in [0.25, 0.3) is 0 Å². The molecule has 1 amide bonds. The van der Waals surface area contributed by atoms with Crippen LogP contribution in [0.4, 0.5) is 0 Å². The number of benzene rings is 1. The van der Waals surface area contributed by atoms with Crippen molar-refractivity contribution in [2.45, 2.75) is 25.8 Å². The van der Waals surface area contributed by atoms with Gasteiger partial charge in [-0.25, -0.2) is 4.99 Å². The second kappa shape index (κ2) is 13.5. The topological polar surface area (TPSA) is 69.2 Å². The van der Waals surface area contributed by atoms with E-state index in [1.807, 2.05) is 25.1 Å². The Labute approximate surface area is 198 Å². The standard InChI is InChI=1S/C22H35N5O2.HI/c1-17(2)14-23-22(25-16-21(28)26(3)4)24-15-19(27-12-8-9-13-27)18-10-6-7-11-20(18)29-5;/h6-7,10-11,19H,1,8-9,12-16H2,2-5H3,(H2,23,24,25);1H. The minimum absolute atomic E-state index is 0. The van der Waals surface area contributed by atoms with E-state index in [2.05, 4.69) is 33.2 Å². The summed E-state index contributed by atoms with van der Waals surface area (Å²) in [4.78, 5) is 20.4. The minimum Gasteiger partial charge on any atom is -0.496 e. The highest BCUT2D eigenvalue weighted by molar-refractivity contribution is 14.0. The van der Waals surface area contributed by atoms with Gasteiger partial charge in [-0.2, -0.15) is 0 Å². The zero-order valence-electron chi connectivity index (χ0n) is 18.6. The summed E-state index contributed by atoms with van der Waals surface area (Å²) < 4.78 is 5.61. The summed E-state index contributed by atoms with van der Waals surface area (Å²) in [7, 11) is 5.18. The summed E-state index contributed by atoms with van der Waals surface area (Å²) in [6.07, 6.45) is 2.41. The van der Waals surface area contributed by atoms with Gasteiger partial charge in [0.15, 0.2) is 5.96 Å². The molecule has 0 spiro atoms. The van der Waals surface area contributed by atoms with E-state index >= 15 is 0 Å². The van der Waals surface area contributed by atoms with E-state index in [1.165, 1.54) is 12.8 Å². The molecule has 0 bridgehead atoms. The molecule has 1 atom stereocenters. The second-order valence-electron chi connectivity index (χ2n) is 7.65. The molecule has 2 rings (SSSR count). The van der Waals surface area contributed by atoms with Gasteiger partial charge in [-0.3, -0.25) is 9.69 Å². The van der Waals surface area contributed by atoms with Crippen molar-refractivity contribution in [1.82, 2.24) is 20.4 Å². The summed E-state index contributed by atoms with van der Waals surface area (Å²) in [5.74, 6) is 1.46. The van der Waals surface area contributed by atoms with Crippen LogP contribution in [-0.2, 0) is 4.79 Å². The summed E-state index contributed by atoms with van der Waals surface area (Å²) in [6.45, 7) is 9.39. The lowest BCUT2D eigenvalue weighted by Gasteiger charge is -2.30. The Hall–Kier alpha value is -1.81. The Bertz CT molecular complexity index is 717. The molecule has 1 aromatic rings. The summed E-state index contributed by atoms with van der Waals surface area (Å²) in [5.41, 5.74) is 2.16. The molecule has 1 heterocycles. The molecule has 0 aliphatic carbocycles. The van der Waals surface area contributed by atoms with Gasteiger partial charge in [0.05, 0.1) is 13.2 Å². The molecule has 1 aliphatic heterocycles. The molecule has 30 heavy (non-hydrogen) atoms. The maximum absolute atomic E-state index is 12.0. The van der Waals surface area contributed by atoms with Gasteiger partial charge in [0.1, 0.15) is 12.3 Å². The van der Waals surface area contributed by atoms with Crippen LogP contribution in [0.3, 0.4) is 0 Å². The fourth-order valence-electron chi connectivity index (χ4n) is 3.32. The van der Waals surface area contributed by atoms with E-state index in [1.54, 1.807) is 26.1 Å². The SMILES string of the molecule is C=C(C)CNC(=NCC(=O)N(C)C)NCC(c1ccccc1OC)N1CCCC1.I. The number of carbonyl (C=O) groups excluding carboxylic acids is 1. The molecule has 168 valence electrons. The number of amides is 1. The van der Waals surface area contributed by atoms with Gasteiger partial charge in [-0.15, -0.1) is 24.0 Å². The highest BCUT2D eigenvalue weighted by Gasteiger charge is 2.26. The van der Waals surface area contributed by atoms with Gasteiger partial charge in [0.2, 0.25) is 5.91 Å². The Morgan fingerprint density at radius 2 is 1.93 bits per heavy atom. The number of likely N-dealkylation sites (tertiary alicyclic amines) is 1. The van der Waals surface area contributed by atoms with Crippen molar-refractivity contribution in [2.24, 2.45) is 4.99 Å². The number of aliphatic imine (C=N–C) groups is 1.